The molecule has 0 aliphatic heterocycles. The molecular formula is C12H16ClN. The van der Waals surface area contributed by atoms with Crippen molar-refractivity contribution in [2.24, 2.45) is 11.7 Å². The molecule has 76 valence electrons. The normalized spacial score (nSPS) is 25.9. The van der Waals surface area contributed by atoms with E-state index in [1.165, 1.54) is 18.4 Å². The molecule has 2 unspecified atom stereocenters. The fraction of sp³-hybridized carbons (Fsp3) is 0.500. The number of hydrogen-bond acceptors (Lipinski definition) is 1. The number of benzene rings is 1. The van der Waals surface area contributed by atoms with E-state index in [9.17, 15) is 0 Å². The van der Waals surface area contributed by atoms with Gasteiger partial charge in [-0.25, -0.2) is 0 Å². The molecule has 0 heterocycles. The molecule has 2 N–H and O–H groups in total. The second-order valence-electron chi connectivity index (χ2n) is 4.29. The fourth-order valence-electron chi connectivity index (χ4n) is 1.98. The highest BCUT2D eigenvalue weighted by Crippen LogP contribution is 2.29. The van der Waals surface area contributed by atoms with Gasteiger partial charge in [0, 0.05) is 11.1 Å². The number of hydrogen-bond donors (Lipinski definition) is 1. The molecule has 1 fully saturated rings. The Morgan fingerprint density at radius 1 is 1.43 bits per heavy atom. The van der Waals surface area contributed by atoms with Gasteiger partial charge in [0.15, 0.2) is 0 Å². The van der Waals surface area contributed by atoms with Crippen LogP contribution in [0.2, 0.25) is 5.02 Å². The van der Waals surface area contributed by atoms with Gasteiger partial charge in [0.2, 0.25) is 0 Å². The van der Waals surface area contributed by atoms with Gasteiger partial charge in [-0.2, -0.15) is 0 Å². The van der Waals surface area contributed by atoms with E-state index in [1.807, 2.05) is 13.0 Å². The second-order valence-corrected chi connectivity index (χ2v) is 4.70. The number of aryl methyl sites for hydroxylation is 1. The van der Waals surface area contributed by atoms with Gasteiger partial charge in [-0.3, -0.25) is 0 Å². The zero-order valence-corrected chi connectivity index (χ0v) is 9.22. The van der Waals surface area contributed by atoms with Gasteiger partial charge in [0.1, 0.15) is 0 Å². The van der Waals surface area contributed by atoms with E-state index in [-0.39, 0.29) is 0 Å². The highest BCUT2D eigenvalue weighted by atomic mass is 35.5. The molecule has 2 heteroatoms. The second kappa shape index (κ2) is 3.92. The van der Waals surface area contributed by atoms with Crippen LogP contribution in [0.3, 0.4) is 0 Å². The van der Waals surface area contributed by atoms with Crippen LogP contribution in [-0.4, -0.2) is 6.04 Å². The van der Waals surface area contributed by atoms with E-state index in [4.69, 9.17) is 17.3 Å². The molecule has 1 aromatic carbocycles. The largest absolute Gasteiger partial charge is 0.327 e. The van der Waals surface area contributed by atoms with E-state index in [2.05, 4.69) is 12.1 Å². The first-order valence-corrected chi connectivity index (χ1v) is 5.55. The van der Waals surface area contributed by atoms with Gasteiger partial charge in [-0.15, -0.1) is 0 Å². The average Bonchev–Trinajstić information content (AvgIpc) is 2.17. The standard InChI is InChI=1S/C12H16ClN/c1-8-6-9(2-4-11(8)13)7-10-3-5-12(10)14/h2,4,6,10,12H,3,5,7,14H2,1H3. The van der Waals surface area contributed by atoms with Crippen LogP contribution in [-0.2, 0) is 6.42 Å². The van der Waals surface area contributed by atoms with Crippen LogP contribution in [0.15, 0.2) is 18.2 Å². The third-order valence-electron chi connectivity index (χ3n) is 3.20. The number of nitrogens with two attached hydrogens (primary N) is 1. The smallest absolute Gasteiger partial charge is 0.0435 e. The minimum absolute atomic E-state index is 0.422. The minimum Gasteiger partial charge on any atom is -0.327 e. The Morgan fingerprint density at radius 2 is 2.21 bits per heavy atom. The summed E-state index contributed by atoms with van der Waals surface area (Å²) in [5, 5.41) is 0.853. The molecule has 0 bridgehead atoms. The van der Waals surface area contributed by atoms with Crippen LogP contribution >= 0.6 is 11.6 Å². The summed E-state index contributed by atoms with van der Waals surface area (Å²) in [6, 6.07) is 6.69. The maximum atomic E-state index is 5.97. The summed E-state index contributed by atoms with van der Waals surface area (Å²) in [6.45, 7) is 2.05. The molecule has 0 spiro atoms. The Bertz CT molecular complexity index is 335. The molecule has 2 atom stereocenters. The molecule has 0 aromatic heterocycles. The molecule has 2 rings (SSSR count). The van der Waals surface area contributed by atoms with E-state index in [1.54, 1.807) is 0 Å². The van der Waals surface area contributed by atoms with Gasteiger partial charge in [-0.1, -0.05) is 23.7 Å². The van der Waals surface area contributed by atoms with Crippen molar-refractivity contribution in [1.82, 2.24) is 0 Å². The SMILES string of the molecule is Cc1cc(CC2CCC2N)ccc1Cl. The quantitative estimate of drug-likeness (QED) is 0.797. The number of halogens is 1. The van der Waals surface area contributed by atoms with Crippen molar-refractivity contribution in [2.75, 3.05) is 0 Å². The first-order valence-electron chi connectivity index (χ1n) is 5.17. The Balaban J connectivity index is 2.06. The Morgan fingerprint density at radius 3 is 2.71 bits per heavy atom. The lowest BCUT2D eigenvalue weighted by atomic mass is 9.76. The van der Waals surface area contributed by atoms with E-state index in [0.29, 0.717) is 12.0 Å². The summed E-state index contributed by atoms with van der Waals surface area (Å²) in [4.78, 5) is 0. The Labute approximate surface area is 90.3 Å². The molecule has 1 aliphatic carbocycles. The van der Waals surface area contributed by atoms with E-state index >= 15 is 0 Å². The van der Waals surface area contributed by atoms with Crippen molar-refractivity contribution in [3.8, 4) is 0 Å². The van der Waals surface area contributed by atoms with Gasteiger partial charge in [0.25, 0.3) is 0 Å². The summed E-state index contributed by atoms with van der Waals surface area (Å²) < 4.78 is 0. The first-order chi connectivity index (χ1) is 6.66. The maximum absolute atomic E-state index is 5.97. The van der Waals surface area contributed by atoms with Crippen LogP contribution in [0.1, 0.15) is 24.0 Å². The maximum Gasteiger partial charge on any atom is 0.0435 e. The third kappa shape index (κ3) is 1.94. The zero-order chi connectivity index (χ0) is 10.1. The predicted molar refractivity (Wildman–Crippen MR) is 60.6 cm³/mol. The van der Waals surface area contributed by atoms with Crippen molar-refractivity contribution in [3.63, 3.8) is 0 Å². The van der Waals surface area contributed by atoms with Crippen molar-refractivity contribution in [2.45, 2.75) is 32.2 Å². The predicted octanol–water partition coefficient (Wildman–Crippen LogP) is 2.93. The van der Waals surface area contributed by atoms with Gasteiger partial charge in [0.05, 0.1) is 0 Å². The summed E-state index contributed by atoms with van der Waals surface area (Å²) >= 11 is 5.97. The molecule has 0 saturated heterocycles. The van der Waals surface area contributed by atoms with Gasteiger partial charge < -0.3 is 5.73 Å². The van der Waals surface area contributed by atoms with Gasteiger partial charge in [-0.05, 0) is 49.3 Å². The molecule has 1 aliphatic rings. The number of rotatable bonds is 2. The first kappa shape index (κ1) is 10.0. The molecule has 0 amide bonds. The summed E-state index contributed by atoms with van der Waals surface area (Å²) in [6.07, 6.45) is 3.58. The lowest BCUT2D eigenvalue weighted by molar-refractivity contribution is 0.256. The summed E-state index contributed by atoms with van der Waals surface area (Å²) in [5.74, 6) is 0.690. The van der Waals surface area contributed by atoms with Crippen LogP contribution in [0.4, 0.5) is 0 Å². The highest BCUT2D eigenvalue weighted by Gasteiger charge is 2.27. The van der Waals surface area contributed by atoms with E-state index in [0.717, 1.165) is 17.0 Å². The van der Waals surface area contributed by atoms with E-state index < -0.39 is 0 Å². The molecule has 1 saturated carbocycles. The Kier molecular flexibility index (Phi) is 2.80. The molecule has 0 radical (unpaired) electrons. The fourth-order valence-corrected chi connectivity index (χ4v) is 2.10. The molecule has 1 aromatic rings. The molecule has 14 heavy (non-hydrogen) atoms. The average molecular weight is 210 g/mol. The third-order valence-corrected chi connectivity index (χ3v) is 3.62. The minimum atomic E-state index is 0.422. The monoisotopic (exact) mass is 209 g/mol. The lowest BCUT2D eigenvalue weighted by Crippen LogP contribution is -2.40. The Hall–Kier alpha value is -0.530. The van der Waals surface area contributed by atoms with Crippen LogP contribution < -0.4 is 5.73 Å². The van der Waals surface area contributed by atoms with Crippen molar-refractivity contribution < 1.29 is 0 Å². The van der Waals surface area contributed by atoms with Crippen molar-refractivity contribution in [1.29, 1.82) is 0 Å². The van der Waals surface area contributed by atoms with Crippen molar-refractivity contribution in [3.05, 3.63) is 34.3 Å². The van der Waals surface area contributed by atoms with Crippen LogP contribution in [0.5, 0.6) is 0 Å². The summed E-state index contributed by atoms with van der Waals surface area (Å²) in [5.41, 5.74) is 8.44. The van der Waals surface area contributed by atoms with Gasteiger partial charge >= 0.3 is 0 Å². The lowest BCUT2D eigenvalue weighted by Gasteiger charge is -2.33. The van der Waals surface area contributed by atoms with Crippen LogP contribution in [0.25, 0.3) is 0 Å². The zero-order valence-electron chi connectivity index (χ0n) is 8.46. The van der Waals surface area contributed by atoms with Crippen LogP contribution in [0, 0.1) is 12.8 Å². The molecular weight excluding hydrogens is 194 g/mol. The highest BCUT2D eigenvalue weighted by molar-refractivity contribution is 6.31. The molecule has 1 nitrogen and oxygen atoms in total. The summed E-state index contributed by atoms with van der Waals surface area (Å²) in [7, 11) is 0. The van der Waals surface area contributed by atoms with Crippen molar-refractivity contribution >= 4 is 11.6 Å². The topological polar surface area (TPSA) is 26.0 Å².